The molecule has 3 fully saturated rings. The number of ether oxygens (including phenoxy) is 3. The molecule has 206 valence electrons. The SMILES string of the molecule is CCOc1cnc(N2CCC([C@H]3C[C@H]3CCOc3cc(F)c(CC(=O)N4CC(OC)C4)c(F)c3)CC2)nc1. The fraction of sp³-hybridized carbons (Fsp3) is 0.607. The molecule has 3 heterocycles. The van der Waals surface area contributed by atoms with Crippen molar-refractivity contribution in [2.75, 3.05) is 51.4 Å². The zero-order valence-electron chi connectivity index (χ0n) is 22.1. The summed E-state index contributed by atoms with van der Waals surface area (Å²) in [6.45, 7) is 5.75. The van der Waals surface area contributed by atoms with Gasteiger partial charge in [-0.2, -0.15) is 0 Å². The molecule has 10 heteroatoms. The first kappa shape index (κ1) is 26.6. The highest BCUT2D eigenvalue weighted by Gasteiger charge is 2.43. The minimum absolute atomic E-state index is 0.00189. The summed E-state index contributed by atoms with van der Waals surface area (Å²) < 4.78 is 45.4. The van der Waals surface area contributed by atoms with Gasteiger partial charge in [0.25, 0.3) is 0 Å². The lowest BCUT2D eigenvalue weighted by molar-refractivity contribution is -0.142. The van der Waals surface area contributed by atoms with Crippen molar-refractivity contribution in [2.45, 2.75) is 45.1 Å². The maximum Gasteiger partial charge on any atom is 0.227 e. The lowest BCUT2D eigenvalue weighted by atomic mass is 9.90. The summed E-state index contributed by atoms with van der Waals surface area (Å²) in [7, 11) is 1.58. The second-order valence-corrected chi connectivity index (χ2v) is 10.5. The van der Waals surface area contributed by atoms with Crippen LogP contribution in [0.25, 0.3) is 0 Å². The number of methoxy groups -OCH3 is 1. The number of rotatable bonds is 11. The summed E-state index contributed by atoms with van der Waals surface area (Å²) in [5.74, 6) is 1.76. The van der Waals surface area contributed by atoms with Crippen molar-refractivity contribution < 1.29 is 27.8 Å². The van der Waals surface area contributed by atoms with E-state index in [1.165, 1.54) is 18.6 Å². The highest BCUT2D eigenvalue weighted by Crippen LogP contribution is 2.50. The maximum absolute atomic E-state index is 14.6. The van der Waals surface area contributed by atoms with Crippen LogP contribution in [0.1, 0.15) is 38.2 Å². The Morgan fingerprint density at radius 1 is 1.05 bits per heavy atom. The summed E-state index contributed by atoms with van der Waals surface area (Å²) in [4.78, 5) is 24.9. The van der Waals surface area contributed by atoms with Crippen LogP contribution in [-0.2, 0) is 16.0 Å². The van der Waals surface area contributed by atoms with E-state index in [9.17, 15) is 13.6 Å². The minimum Gasteiger partial charge on any atom is -0.493 e. The van der Waals surface area contributed by atoms with E-state index in [1.807, 2.05) is 6.92 Å². The molecule has 8 nitrogen and oxygen atoms in total. The third-order valence-corrected chi connectivity index (χ3v) is 8.06. The van der Waals surface area contributed by atoms with E-state index >= 15 is 0 Å². The van der Waals surface area contributed by atoms with E-state index in [-0.39, 0.29) is 29.7 Å². The highest BCUT2D eigenvalue weighted by molar-refractivity contribution is 5.79. The predicted octanol–water partition coefficient (Wildman–Crippen LogP) is 3.87. The molecule has 1 aromatic carbocycles. The number of anilines is 1. The van der Waals surface area contributed by atoms with Gasteiger partial charge in [0.15, 0.2) is 5.75 Å². The molecular weight excluding hydrogens is 494 g/mol. The van der Waals surface area contributed by atoms with Gasteiger partial charge in [-0.3, -0.25) is 4.79 Å². The molecule has 2 saturated heterocycles. The molecular formula is C28H36F2N4O4. The first-order chi connectivity index (χ1) is 18.4. The Hall–Kier alpha value is -3.01. The van der Waals surface area contributed by atoms with Crippen LogP contribution in [0.4, 0.5) is 14.7 Å². The van der Waals surface area contributed by atoms with E-state index in [1.54, 1.807) is 24.4 Å². The topological polar surface area (TPSA) is 77.0 Å². The van der Waals surface area contributed by atoms with Gasteiger partial charge in [0.1, 0.15) is 17.4 Å². The summed E-state index contributed by atoms with van der Waals surface area (Å²) in [6.07, 6.45) is 7.42. The van der Waals surface area contributed by atoms with Crippen LogP contribution in [0.15, 0.2) is 24.5 Å². The van der Waals surface area contributed by atoms with Crippen LogP contribution in [-0.4, -0.2) is 73.4 Å². The van der Waals surface area contributed by atoms with Crippen LogP contribution < -0.4 is 14.4 Å². The number of hydrogen-bond donors (Lipinski definition) is 0. The van der Waals surface area contributed by atoms with E-state index in [4.69, 9.17) is 14.2 Å². The summed E-state index contributed by atoms with van der Waals surface area (Å²) in [6, 6.07) is 2.37. The molecule has 2 atom stereocenters. The van der Waals surface area contributed by atoms with Crippen molar-refractivity contribution in [1.29, 1.82) is 0 Å². The highest BCUT2D eigenvalue weighted by atomic mass is 19.1. The van der Waals surface area contributed by atoms with Gasteiger partial charge in [-0.25, -0.2) is 18.7 Å². The molecule has 1 aliphatic carbocycles. The van der Waals surface area contributed by atoms with Gasteiger partial charge in [-0.15, -0.1) is 0 Å². The monoisotopic (exact) mass is 530 g/mol. The van der Waals surface area contributed by atoms with Crippen LogP contribution in [0, 0.1) is 29.4 Å². The van der Waals surface area contributed by atoms with Gasteiger partial charge in [-0.1, -0.05) is 0 Å². The number of halogens is 2. The lowest BCUT2D eigenvalue weighted by Gasteiger charge is -2.38. The normalized spacial score (nSPS) is 21.8. The van der Waals surface area contributed by atoms with Crippen LogP contribution >= 0.6 is 0 Å². The number of nitrogens with zero attached hydrogens (tertiary/aromatic N) is 4. The molecule has 1 saturated carbocycles. The third kappa shape index (κ3) is 6.17. The Kier molecular flexibility index (Phi) is 8.26. The number of hydrogen-bond acceptors (Lipinski definition) is 7. The van der Waals surface area contributed by atoms with Gasteiger partial charge in [0, 0.05) is 51.0 Å². The van der Waals surface area contributed by atoms with Crippen LogP contribution in [0.2, 0.25) is 0 Å². The molecule has 5 rings (SSSR count). The van der Waals surface area contributed by atoms with Gasteiger partial charge in [0.05, 0.1) is 38.1 Å². The number of likely N-dealkylation sites (tertiary alicyclic amines) is 1. The Labute approximate surface area is 222 Å². The maximum atomic E-state index is 14.6. The fourth-order valence-corrected chi connectivity index (χ4v) is 5.64. The van der Waals surface area contributed by atoms with Gasteiger partial charge in [-0.05, 0) is 50.4 Å². The standard InChI is InChI=1S/C28H36F2N4O4/c1-3-37-21-14-31-28(32-15-21)33-7-4-18(5-8-33)23-10-19(23)6-9-38-20-11-25(29)24(26(30)12-20)13-27(35)34-16-22(17-34)36-2/h11-12,14-15,18-19,22-23H,3-10,13,16-17H2,1-2H3/t19-,23-/m1/s1. The Bertz CT molecular complexity index is 1080. The van der Waals surface area contributed by atoms with Crippen molar-refractivity contribution in [2.24, 2.45) is 17.8 Å². The van der Waals surface area contributed by atoms with Crippen molar-refractivity contribution in [3.63, 3.8) is 0 Å². The second kappa shape index (κ2) is 11.8. The first-order valence-electron chi connectivity index (χ1n) is 13.6. The molecule has 0 radical (unpaired) electrons. The van der Waals surface area contributed by atoms with Crippen molar-refractivity contribution >= 4 is 11.9 Å². The van der Waals surface area contributed by atoms with E-state index in [2.05, 4.69) is 14.9 Å². The Morgan fingerprint density at radius 2 is 1.74 bits per heavy atom. The number of amides is 1. The third-order valence-electron chi connectivity index (χ3n) is 8.06. The molecule has 2 aromatic rings. The largest absolute Gasteiger partial charge is 0.493 e. The quantitative estimate of drug-likeness (QED) is 0.437. The summed E-state index contributed by atoms with van der Waals surface area (Å²) in [5, 5.41) is 0. The van der Waals surface area contributed by atoms with E-state index < -0.39 is 11.6 Å². The van der Waals surface area contributed by atoms with Crippen molar-refractivity contribution in [3.05, 3.63) is 41.7 Å². The van der Waals surface area contributed by atoms with Crippen molar-refractivity contribution in [3.8, 4) is 11.5 Å². The fourth-order valence-electron chi connectivity index (χ4n) is 5.64. The molecule has 1 amide bonds. The van der Waals surface area contributed by atoms with E-state index in [0.717, 1.165) is 38.3 Å². The Balaban J connectivity index is 1.03. The number of benzene rings is 1. The van der Waals surface area contributed by atoms with Crippen molar-refractivity contribution in [1.82, 2.24) is 14.9 Å². The number of carbonyl (C=O) groups is 1. The number of carbonyl (C=O) groups excluding carboxylic acids is 1. The summed E-state index contributed by atoms with van der Waals surface area (Å²) in [5.41, 5.74) is -0.215. The van der Waals surface area contributed by atoms with Crippen LogP contribution in [0.5, 0.6) is 11.5 Å². The molecule has 38 heavy (non-hydrogen) atoms. The van der Waals surface area contributed by atoms with Crippen LogP contribution in [0.3, 0.4) is 0 Å². The van der Waals surface area contributed by atoms with Gasteiger partial charge < -0.3 is 24.0 Å². The minimum atomic E-state index is -0.746. The smallest absolute Gasteiger partial charge is 0.227 e. The van der Waals surface area contributed by atoms with E-state index in [0.29, 0.717) is 49.8 Å². The Morgan fingerprint density at radius 3 is 2.37 bits per heavy atom. The predicted molar refractivity (Wildman–Crippen MR) is 137 cm³/mol. The van der Waals surface area contributed by atoms with Gasteiger partial charge in [0.2, 0.25) is 11.9 Å². The molecule has 1 aromatic heterocycles. The zero-order valence-corrected chi connectivity index (χ0v) is 22.1. The molecule has 3 aliphatic rings. The number of aromatic nitrogens is 2. The summed E-state index contributed by atoms with van der Waals surface area (Å²) >= 11 is 0. The lowest BCUT2D eigenvalue weighted by Crippen LogP contribution is -2.54. The zero-order chi connectivity index (χ0) is 26.6. The number of piperidine rings is 1. The molecule has 0 unspecified atom stereocenters. The second-order valence-electron chi connectivity index (χ2n) is 10.5. The molecule has 0 bridgehead atoms. The average Bonchev–Trinajstić information content (AvgIpc) is 3.66. The average molecular weight is 531 g/mol. The molecule has 0 spiro atoms. The molecule has 2 aliphatic heterocycles. The first-order valence-corrected chi connectivity index (χ1v) is 13.6. The molecule has 0 N–H and O–H groups in total. The van der Waals surface area contributed by atoms with Gasteiger partial charge >= 0.3 is 0 Å².